The van der Waals surface area contributed by atoms with E-state index < -0.39 is 35.0 Å². The molecule has 0 spiro atoms. The summed E-state index contributed by atoms with van der Waals surface area (Å²) in [5.74, 6) is 0.844. The molecule has 2 heterocycles. The Balaban J connectivity index is 1.68. The second-order valence-electron chi connectivity index (χ2n) is 10.4. The fourth-order valence-corrected chi connectivity index (χ4v) is 4.88. The fraction of sp³-hybridized carbons (Fsp3) is 0.423. The Hall–Kier alpha value is -4.02. The number of hydrogen-bond acceptors (Lipinski definition) is 8. The van der Waals surface area contributed by atoms with Gasteiger partial charge in [0.2, 0.25) is 0 Å². The summed E-state index contributed by atoms with van der Waals surface area (Å²) in [5, 5.41) is 29.6. The van der Waals surface area contributed by atoms with Crippen LogP contribution < -0.4 is 15.5 Å². The standard InChI is InChI=1S/C26H31N7O5S/c1-15(29-24(34)38-26(2,3)4)20-9-6-18(10-16(20)14-39(5)37)30-21-11-22(32(25(35)36)19-7-8-19)33-23(31-21)17(12-27)13-28-33/h6,9-11,13,15,19H,7-8,14H2,1-5H3,(H,29,34)(H,30,31)(H,35,36)/t15-,39+/m1/s1. The molecule has 1 saturated carbocycles. The van der Waals surface area contributed by atoms with Crippen LogP contribution in [0.2, 0.25) is 0 Å². The lowest BCUT2D eigenvalue weighted by molar-refractivity contribution is 0.0507. The van der Waals surface area contributed by atoms with Gasteiger partial charge < -0.3 is 25.0 Å². The topological polar surface area (TPSA) is 168 Å². The highest BCUT2D eigenvalue weighted by molar-refractivity contribution is 7.89. The highest BCUT2D eigenvalue weighted by atomic mass is 32.2. The van der Waals surface area contributed by atoms with Crippen molar-refractivity contribution in [2.75, 3.05) is 16.5 Å². The summed E-state index contributed by atoms with van der Waals surface area (Å²) >= 11 is -1.16. The van der Waals surface area contributed by atoms with Gasteiger partial charge in [-0.15, -0.1) is 0 Å². The monoisotopic (exact) mass is 553 g/mol. The van der Waals surface area contributed by atoms with Crippen molar-refractivity contribution in [2.45, 2.75) is 64.0 Å². The predicted octanol–water partition coefficient (Wildman–Crippen LogP) is 4.46. The van der Waals surface area contributed by atoms with E-state index in [1.165, 1.54) is 15.6 Å². The number of nitrogens with one attached hydrogen (secondary N) is 2. The zero-order valence-electron chi connectivity index (χ0n) is 22.4. The molecule has 1 fully saturated rings. The van der Waals surface area contributed by atoms with E-state index in [-0.39, 0.29) is 28.8 Å². The summed E-state index contributed by atoms with van der Waals surface area (Å²) in [5.41, 5.74) is 1.93. The second kappa shape index (κ2) is 11.0. The quantitative estimate of drug-likeness (QED) is 0.341. The van der Waals surface area contributed by atoms with Gasteiger partial charge in [0.25, 0.3) is 0 Å². The van der Waals surface area contributed by atoms with E-state index in [0.29, 0.717) is 11.5 Å². The van der Waals surface area contributed by atoms with Crippen molar-refractivity contribution in [1.82, 2.24) is 19.9 Å². The normalized spacial score (nSPS) is 14.8. The Labute approximate surface area is 229 Å². The Morgan fingerprint density at radius 2 is 2.08 bits per heavy atom. The first-order valence-corrected chi connectivity index (χ1v) is 14.1. The summed E-state index contributed by atoms with van der Waals surface area (Å²) in [6, 6.07) is 8.45. The molecule has 0 saturated heterocycles. The summed E-state index contributed by atoms with van der Waals surface area (Å²) in [6.07, 6.45) is 2.75. The molecule has 2 aromatic heterocycles. The molecular formula is C26H31N7O5S. The molecule has 0 unspecified atom stereocenters. The largest absolute Gasteiger partial charge is 0.616 e. The van der Waals surface area contributed by atoms with Crippen LogP contribution in [0.4, 0.5) is 26.9 Å². The van der Waals surface area contributed by atoms with Gasteiger partial charge in [0.15, 0.2) is 5.65 Å². The maximum absolute atomic E-state index is 12.3. The number of ether oxygens (including phenoxy) is 1. The van der Waals surface area contributed by atoms with Crippen LogP contribution >= 0.6 is 0 Å². The molecular weight excluding hydrogens is 522 g/mol. The Morgan fingerprint density at radius 1 is 1.36 bits per heavy atom. The molecule has 1 aliphatic carbocycles. The van der Waals surface area contributed by atoms with Gasteiger partial charge in [0.1, 0.15) is 34.6 Å². The number of benzene rings is 1. The molecule has 13 heteroatoms. The summed E-state index contributed by atoms with van der Waals surface area (Å²) in [7, 11) is 0. The SMILES string of the molecule is C[C@@H](NC(=O)OC(C)(C)C)c1ccc(Nc2cc(N(C(=O)O)C3CC3)n3ncc(C#N)c3n2)cc1C[S@+](C)[O-]. The zero-order chi connectivity index (χ0) is 28.5. The van der Waals surface area contributed by atoms with Gasteiger partial charge in [0, 0.05) is 23.4 Å². The molecule has 0 bridgehead atoms. The average molecular weight is 554 g/mol. The predicted molar refractivity (Wildman–Crippen MR) is 147 cm³/mol. The molecule has 3 aromatic rings. The molecule has 4 rings (SSSR count). The number of nitrogens with zero attached hydrogens (tertiary/aromatic N) is 5. The van der Waals surface area contributed by atoms with E-state index in [1.807, 2.05) is 25.1 Å². The van der Waals surface area contributed by atoms with Crippen molar-refractivity contribution >= 4 is 46.3 Å². The number of carbonyl (C=O) groups excluding carboxylic acids is 1. The number of aromatic nitrogens is 3. The van der Waals surface area contributed by atoms with Crippen LogP contribution in [0.1, 0.15) is 63.3 Å². The highest BCUT2D eigenvalue weighted by Gasteiger charge is 2.36. The lowest BCUT2D eigenvalue weighted by atomic mass is 10.0. The van der Waals surface area contributed by atoms with Crippen molar-refractivity contribution in [1.29, 1.82) is 5.26 Å². The molecule has 39 heavy (non-hydrogen) atoms. The summed E-state index contributed by atoms with van der Waals surface area (Å²) in [6.45, 7) is 7.16. The number of alkyl carbamates (subject to hydrolysis) is 1. The van der Waals surface area contributed by atoms with Crippen LogP contribution in [0.15, 0.2) is 30.5 Å². The van der Waals surface area contributed by atoms with Crippen LogP contribution in [0.3, 0.4) is 0 Å². The van der Waals surface area contributed by atoms with E-state index in [2.05, 4.69) is 20.7 Å². The number of anilines is 3. The van der Waals surface area contributed by atoms with E-state index in [9.17, 15) is 24.5 Å². The van der Waals surface area contributed by atoms with Gasteiger partial charge in [-0.3, -0.25) is 4.90 Å². The second-order valence-corrected chi connectivity index (χ2v) is 11.8. The van der Waals surface area contributed by atoms with Crippen molar-refractivity contribution in [3.05, 3.63) is 47.2 Å². The minimum Gasteiger partial charge on any atom is -0.616 e. The molecule has 1 aromatic carbocycles. The van der Waals surface area contributed by atoms with Gasteiger partial charge in [-0.1, -0.05) is 17.2 Å². The zero-order valence-corrected chi connectivity index (χ0v) is 23.2. The third-order valence-corrected chi connectivity index (χ3v) is 6.63. The Bertz CT molecular complexity index is 1440. The third kappa shape index (κ3) is 6.71. The number of amides is 2. The van der Waals surface area contributed by atoms with Gasteiger partial charge in [-0.25, -0.2) is 14.6 Å². The van der Waals surface area contributed by atoms with Crippen molar-refractivity contribution in [3.8, 4) is 6.07 Å². The number of nitriles is 1. The lowest BCUT2D eigenvalue weighted by Gasteiger charge is -2.23. The molecule has 0 aliphatic heterocycles. The number of carbonyl (C=O) groups is 2. The van der Waals surface area contributed by atoms with E-state index in [4.69, 9.17) is 4.74 Å². The van der Waals surface area contributed by atoms with Crippen molar-refractivity contribution < 1.29 is 24.0 Å². The van der Waals surface area contributed by atoms with Crippen LogP contribution in [-0.4, -0.2) is 54.3 Å². The van der Waals surface area contributed by atoms with Crippen LogP contribution in [0, 0.1) is 11.3 Å². The first kappa shape index (κ1) is 28.0. The molecule has 12 nitrogen and oxygen atoms in total. The van der Waals surface area contributed by atoms with Crippen molar-refractivity contribution in [3.63, 3.8) is 0 Å². The van der Waals surface area contributed by atoms with Gasteiger partial charge in [-0.05, 0) is 58.2 Å². The van der Waals surface area contributed by atoms with Crippen LogP contribution in [0.5, 0.6) is 0 Å². The molecule has 2 atom stereocenters. The van der Waals surface area contributed by atoms with Crippen molar-refractivity contribution in [2.24, 2.45) is 0 Å². The third-order valence-electron chi connectivity index (χ3n) is 5.91. The summed E-state index contributed by atoms with van der Waals surface area (Å²) < 4.78 is 18.9. The van der Waals surface area contributed by atoms with E-state index in [0.717, 1.165) is 24.0 Å². The highest BCUT2D eigenvalue weighted by Crippen LogP contribution is 2.34. The smallest absolute Gasteiger partial charge is 0.413 e. The number of hydrogen-bond donors (Lipinski definition) is 3. The average Bonchev–Trinajstić information content (AvgIpc) is 3.55. The van der Waals surface area contributed by atoms with Crippen LogP contribution in [-0.2, 0) is 21.7 Å². The number of carboxylic acid groups (broad SMARTS) is 1. The molecule has 2 amide bonds. The molecule has 0 radical (unpaired) electrons. The van der Waals surface area contributed by atoms with Gasteiger partial charge in [-0.2, -0.15) is 14.9 Å². The first-order valence-electron chi connectivity index (χ1n) is 12.4. The fourth-order valence-electron chi connectivity index (χ4n) is 4.20. The molecule has 206 valence electrons. The molecule has 1 aliphatic rings. The van der Waals surface area contributed by atoms with Gasteiger partial charge >= 0.3 is 12.2 Å². The Morgan fingerprint density at radius 3 is 2.67 bits per heavy atom. The number of rotatable bonds is 8. The first-order chi connectivity index (χ1) is 18.4. The molecule has 3 N–H and O–H groups in total. The maximum Gasteiger partial charge on any atom is 0.413 e. The summed E-state index contributed by atoms with van der Waals surface area (Å²) in [4.78, 5) is 30.2. The Kier molecular flexibility index (Phi) is 7.89. The van der Waals surface area contributed by atoms with Crippen LogP contribution in [0.25, 0.3) is 5.65 Å². The van der Waals surface area contributed by atoms with Gasteiger partial charge in [0.05, 0.1) is 18.5 Å². The number of fused-ring (bicyclic) bond motifs is 1. The minimum atomic E-state index is -1.16. The lowest BCUT2D eigenvalue weighted by Crippen LogP contribution is -2.34. The van der Waals surface area contributed by atoms with E-state index >= 15 is 0 Å². The maximum atomic E-state index is 12.3. The minimum absolute atomic E-state index is 0.167. The van der Waals surface area contributed by atoms with E-state index in [1.54, 1.807) is 39.2 Å².